The summed E-state index contributed by atoms with van der Waals surface area (Å²) in [4.78, 5) is 19.0. The van der Waals surface area contributed by atoms with Crippen molar-refractivity contribution in [2.24, 2.45) is 5.73 Å². The van der Waals surface area contributed by atoms with Crippen molar-refractivity contribution in [3.8, 4) is 17.0 Å². The summed E-state index contributed by atoms with van der Waals surface area (Å²) in [5.74, 6) is -0.874. The summed E-state index contributed by atoms with van der Waals surface area (Å²) in [5, 5.41) is 1.66. The number of carbonyl (C=O) groups excluding carboxylic acids is 1. The van der Waals surface area contributed by atoms with E-state index in [4.69, 9.17) is 5.73 Å². The first kappa shape index (κ1) is 13.3. The van der Waals surface area contributed by atoms with Crippen molar-refractivity contribution in [3.05, 3.63) is 28.3 Å². The van der Waals surface area contributed by atoms with E-state index in [-0.39, 0.29) is 11.4 Å². The molecule has 0 spiro atoms. The van der Waals surface area contributed by atoms with Crippen molar-refractivity contribution >= 4 is 17.2 Å². The fourth-order valence-electron chi connectivity index (χ4n) is 1.68. The lowest BCUT2D eigenvalue weighted by Crippen LogP contribution is -2.16. The second-order valence-electron chi connectivity index (χ2n) is 3.59. The summed E-state index contributed by atoms with van der Waals surface area (Å²) < 4.78 is 29.1. The lowest BCUT2D eigenvalue weighted by molar-refractivity contribution is -0.0497. The molecule has 100 valence electrons. The molecule has 2 aromatic heterocycles. The molecule has 2 heterocycles. The van der Waals surface area contributed by atoms with Crippen LogP contribution in [0.2, 0.25) is 0 Å². The van der Waals surface area contributed by atoms with Gasteiger partial charge in [-0.3, -0.25) is 4.79 Å². The third-order valence-electron chi connectivity index (χ3n) is 2.43. The first-order valence-electron chi connectivity index (χ1n) is 5.13. The van der Waals surface area contributed by atoms with Gasteiger partial charge in [-0.05, 0) is 12.5 Å². The average Bonchev–Trinajstić information content (AvgIpc) is 2.81. The van der Waals surface area contributed by atoms with E-state index in [1.807, 2.05) is 0 Å². The van der Waals surface area contributed by atoms with Crippen LogP contribution in [0.1, 0.15) is 16.1 Å². The first-order chi connectivity index (χ1) is 9.00. The Hall–Kier alpha value is -2.09. The number of carbonyl (C=O) groups is 1. The number of rotatable bonds is 4. The molecule has 0 saturated carbocycles. The number of ether oxygens (including phenoxy) is 1. The molecule has 0 saturated heterocycles. The highest BCUT2D eigenvalue weighted by molar-refractivity contribution is 7.07. The van der Waals surface area contributed by atoms with E-state index in [2.05, 4.69) is 14.7 Å². The van der Waals surface area contributed by atoms with E-state index in [9.17, 15) is 13.6 Å². The van der Waals surface area contributed by atoms with E-state index in [1.54, 1.807) is 17.8 Å². The second-order valence-corrected chi connectivity index (χ2v) is 4.31. The second kappa shape index (κ2) is 5.27. The third kappa shape index (κ3) is 2.68. The van der Waals surface area contributed by atoms with Crippen molar-refractivity contribution in [1.82, 2.24) is 9.97 Å². The lowest BCUT2D eigenvalue weighted by atomic mass is 10.0. The Morgan fingerprint density at radius 3 is 2.74 bits per heavy atom. The van der Waals surface area contributed by atoms with E-state index in [1.165, 1.54) is 11.3 Å². The summed E-state index contributed by atoms with van der Waals surface area (Å²) in [6.07, 6.45) is 1.05. The maximum absolute atomic E-state index is 12.4. The Kier molecular flexibility index (Phi) is 3.70. The fraction of sp³-hybridized carbons (Fsp3) is 0.182. The van der Waals surface area contributed by atoms with Gasteiger partial charge in [-0.15, -0.1) is 11.3 Å². The predicted molar refractivity (Wildman–Crippen MR) is 65.2 cm³/mol. The molecule has 19 heavy (non-hydrogen) atoms. The van der Waals surface area contributed by atoms with Gasteiger partial charge in [0, 0.05) is 5.38 Å². The molecule has 2 rings (SSSR count). The standard InChI is InChI=1S/C11H9F2N3O2S/c1-5-8(6-3-19-4-16-6)7(18-11(12)13)2-15-9(5)10(14)17/h2-4,11H,1H3,(H2,14,17). The molecule has 0 bridgehead atoms. The van der Waals surface area contributed by atoms with Gasteiger partial charge >= 0.3 is 6.61 Å². The quantitative estimate of drug-likeness (QED) is 0.934. The van der Waals surface area contributed by atoms with Crippen LogP contribution in [0.5, 0.6) is 5.75 Å². The number of alkyl halides is 2. The number of thiazole rings is 1. The third-order valence-corrected chi connectivity index (χ3v) is 3.01. The normalized spacial score (nSPS) is 10.7. The molecule has 5 nitrogen and oxygen atoms in total. The smallest absolute Gasteiger partial charge is 0.387 e. The summed E-state index contributed by atoms with van der Waals surface area (Å²) >= 11 is 1.29. The number of pyridine rings is 1. The molecule has 0 aliphatic carbocycles. The fourth-order valence-corrected chi connectivity index (χ4v) is 2.22. The van der Waals surface area contributed by atoms with Gasteiger partial charge in [0.1, 0.15) is 5.69 Å². The molecule has 0 unspecified atom stereocenters. The van der Waals surface area contributed by atoms with Crippen LogP contribution < -0.4 is 10.5 Å². The molecule has 0 fully saturated rings. The van der Waals surface area contributed by atoms with Gasteiger partial charge in [0.15, 0.2) is 5.75 Å². The Balaban J connectivity index is 2.63. The van der Waals surface area contributed by atoms with Crippen LogP contribution in [0.3, 0.4) is 0 Å². The van der Waals surface area contributed by atoms with Crippen LogP contribution >= 0.6 is 11.3 Å². The molecule has 0 aliphatic rings. The van der Waals surface area contributed by atoms with Gasteiger partial charge in [0.25, 0.3) is 5.91 Å². The van der Waals surface area contributed by atoms with Crippen LogP contribution in [0, 0.1) is 6.92 Å². The molecular weight excluding hydrogens is 276 g/mol. The highest BCUT2D eigenvalue weighted by Crippen LogP contribution is 2.34. The minimum absolute atomic E-state index is 0.00427. The molecule has 0 atom stereocenters. The summed E-state index contributed by atoms with van der Waals surface area (Å²) in [5.41, 5.74) is 7.82. The van der Waals surface area contributed by atoms with Gasteiger partial charge in [-0.1, -0.05) is 0 Å². The zero-order valence-corrected chi connectivity index (χ0v) is 10.6. The number of hydrogen-bond acceptors (Lipinski definition) is 5. The molecule has 0 aromatic carbocycles. The molecule has 0 aliphatic heterocycles. The largest absolute Gasteiger partial charge is 0.432 e. The minimum Gasteiger partial charge on any atom is -0.432 e. The number of nitrogens with zero attached hydrogens (tertiary/aromatic N) is 2. The number of aromatic nitrogens is 2. The maximum atomic E-state index is 12.4. The lowest BCUT2D eigenvalue weighted by Gasteiger charge is -2.13. The van der Waals surface area contributed by atoms with Crippen molar-refractivity contribution in [3.63, 3.8) is 0 Å². The zero-order valence-electron chi connectivity index (χ0n) is 9.76. The number of amides is 1. The van der Waals surface area contributed by atoms with Crippen molar-refractivity contribution < 1.29 is 18.3 Å². The SMILES string of the molecule is Cc1c(C(N)=O)ncc(OC(F)F)c1-c1cscn1. The van der Waals surface area contributed by atoms with Crippen LogP contribution in [0.15, 0.2) is 17.1 Å². The Morgan fingerprint density at radius 1 is 1.47 bits per heavy atom. The summed E-state index contributed by atoms with van der Waals surface area (Å²) in [6, 6.07) is 0. The topological polar surface area (TPSA) is 78.1 Å². The number of nitrogens with two attached hydrogens (primary N) is 1. The van der Waals surface area contributed by atoms with Gasteiger partial charge < -0.3 is 10.5 Å². The van der Waals surface area contributed by atoms with E-state index in [0.717, 1.165) is 6.20 Å². The predicted octanol–water partition coefficient (Wildman–Crippen LogP) is 2.21. The molecular formula is C11H9F2N3O2S. The Labute approximate surface area is 111 Å². The van der Waals surface area contributed by atoms with Crippen molar-refractivity contribution in [2.45, 2.75) is 13.5 Å². The highest BCUT2D eigenvalue weighted by atomic mass is 32.1. The summed E-state index contributed by atoms with van der Waals surface area (Å²) in [7, 11) is 0. The van der Waals surface area contributed by atoms with E-state index >= 15 is 0 Å². The minimum atomic E-state index is -2.99. The average molecular weight is 285 g/mol. The van der Waals surface area contributed by atoms with Crippen LogP contribution in [0.25, 0.3) is 11.3 Å². The molecule has 0 radical (unpaired) electrons. The van der Waals surface area contributed by atoms with Gasteiger partial charge in [-0.25, -0.2) is 9.97 Å². The molecule has 2 N–H and O–H groups in total. The monoisotopic (exact) mass is 285 g/mol. The van der Waals surface area contributed by atoms with Gasteiger partial charge in [-0.2, -0.15) is 8.78 Å². The van der Waals surface area contributed by atoms with Crippen LogP contribution in [-0.4, -0.2) is 22.5 Å². The molecule has 2 aromatic rings. The number of primary amides is 1. The van der Waals surface area contributed by atoms with Crippen molar-refractivity contribution in [1.29, 1.82) is 0 Å². The van der Waals surface area contributed by atoms with Crippen LogP contribution in [-0.2, 0) is 0 Å². The van der Waals surface area contributed by atoms with Crippen LogP contribution in [0.4, 0.5) is 8.78 Å². The Morgan fingerprint density at radius 2 is 2.21 bits per heavy atom. The zero-order chi connectivity index (χ0) is 14.0. The number of halogens is 2. The van der Waals surface area contributed by atoms with E-state index < -0.39 is 12.5 Å². The maximum Gasteiger partial charge on any atom is 0.387 e. The highest BCUT2D eigenvalue weighted by Gasteiger charge is 2.20. The van der Waals surface area contributed by atoms with E-state index in [0.29, 0.717) is 16.8 Å². The van der Waals surface area contributed by atoms with Crippen molar-refractivity contribution in [2.75, 3.05) is 0 Å². The van der Waals surface area contributed by atoms with Gasteiger partial charge in [0.05, 0.1) is 23.0 Å². The first-order valence-corrected chi connectivity index (χ1v) is 6.07. The summed E-state index contributed by atoms with van der Waals surface area (Å²) in [6.45, 7) is -1.43. The number of hydrogen-bond donors (Lipinski definition) is 1. The Bertz CT molecular complexity index is 602. The molecule has 1 amide bonds. The molecule has 8 heteroatoms. The van der Waals surface area contributed by atoms with Gasteiger partial charge in [0.2, 0.25) is 0 Å².